The number of imidazole rings is 1. The Hall–Kier alpha value is -2.12. The average molecular weight is 412 g/mol. The molecule has 2 fully saturated rings. The molecular weight excluding hydrogens is 386 g/mol. The molecule has 5 rings (SSSR count). The summed E-state index contributed by atoms with van der Waals surface area (Å²) in [5.41, 5.74) is 3.30. The molecule has 0 aliphatic carbocycles. The number of nitrogens with one attached hydrogen (secondary N) is 1. The number of para-hydroxylation sites is 2. The minimum Gasteiger partial charge on any atom is -0.390 e. The van der Waals surface area contributed by atoms with Crippen molar-refractivity contribution in [3.05, 3.63) is 59.1 Å². The molecule has 2 aliphatic heterocycles. The van der Waals surface area contributed by atoms with Gasteiger partial charge in [0.25, 0.3) is 0 Å². The van der Waals surface area contributed by atoms with E-state index in [4.69, 9.17) is 16.6 Å². The van der Waals surface area contributed by atoms with E-state index in [0.29, 0.717) is 6.54 Å². The van der Waals surface area contributed by atoms with Gasteiger partial charge in [-0.3, -0.25) is 9.80 Å². The van der Waals surface area contributed by atoms with Crippen molar-refractivity contribution in [2.45, 2.75) is 18.7 Å². The maximum Gasteiger partial charge on any atom is 0.203 e. The van der Waals surface area contributed by atoms with Crippen LogP contribution in [0, 0.1) is 0 Å². The molecule has 2 aliphatic rings. The van der Waals surface area contributed by atoms with Gasteiger partial charge in [0, 0.05) is 50.8 Å². The Balaban J connectivity index is 1.19. The van der Waals surface area contributed by atoms with Crippen LogP contribution < -0.4 is 4.90 Å². The van der Waals surface area contributed by atoms with E-state index in [1.807, 2.05) is 36.4 Å². The maximum atomic E-state index is 10.7. The van der Waals surface area contributed by atoms with Crippen LogP contribution in [0.15, 0.2) is 48.5 Å². The molecule has 2 N–H and O–H groups in total. The van der Waals surface area contributed by atoms with Crippen LogP contribution in [0.3, 0.4) is 0 Å². The molecule has 0 amide bonds. The van der Waals surface area contributed by atoms with Crippen molar-refractivity contribution in [2.24, 2.45) is 0 Å². The number of rotatable bonds is 4. The maximum absolute atomic E-state index is 10.7. The zero-order chi connectivity index (χ0) is 19.8. The highest BCUT2D eigenvalue weighted by Gasteiger charge is 2.37. The second-order valence-corrected chi connectivity index (χ2v) is 8.49. The van der Waals surface area contributed by atoms with Gasteiger partial charge in [-0.05, 0) is 29.8 Å². The lowest BCUT2D eigenvalue weighted by molar-refractivity contribution is 0.0424. The highest BCUT2D eigenvalue weighted by Crippen LogP contribution is 2.25. The van der Waals surface area contributed by atoms with Crippen LogP contribution in [0.5, 0.6) is 0 Å². The second-order valence-electron chi connectivity index (χ2n) is 8.06. The van der Waals surface area contributed by atoms with E-state index < -0.39 is 0 Å². The fourth-order valence-electron chi connectivity index (χ4n) is 4.49. The number of halogens is 1. The summed E-state index contributed by atoms with van der Waals surface area (Å²) in [7, 11) is 0. The summed E-state index contributed by atoms with van der Waals surface area (Å²) in [5.74, 6) is 0.856. The molecule has 0 bridgehead atoms. The van der Waals surface area contributed by atoms with Crippen molar-refractivity contribution in [2.75, 3.05) is 44.2 Å². The van der Waals surface area contributed by atoms with Gasteiger partial charge in [0.15, 0.2) is 0 Å². The van der Waals surface area contributed by atoms with Gasteiger partial charge >= 0.3 is 0 Å². The Morgan fingerprint density at radius 2 is 1.76 bits per heavy atom. The lowest BCUT2D eigenvalue weighted by Crippen LogP contribution is -2.53. The standard InChI is InChI=1S/C22H26ClN5O/c23-17-7-5-16(6-8-17)13-26-9-11-27(12-10-26)20-14-28(15-21(20)29)22-24-18-3-1-2-4-19(18)25-22/h1-8,20-21,29H,9-15H2,(H,24,25). The molecule has 3 heterocycles. The number of β-amino-alcohol motifs (C(OH)–C–C–N with tert-alkyl or cyclic N) is 1. The first-order valence-corrected chi connectivity index (χ1v) is 10.6. The zero-order valence-electron chi connectivity index (χ0n) is 16.3. The lowest BCUT2D eigenvalue weighted by atomic mass is 10.1. The third-order valence-corrected chi connectivity index (χ3v) is 6.38. The number of hydrogen-bond donors (Lipinski definition) is 2. The van der Waals surface area contributed by atoms with Crippen LogP contribution in [0.4, 0.5) is 5.95 Å². The number of nitrogens with zero attached hydrogens (tertiary/aromatic N) is 4. The van der Waals surface area contributed by atoms with Crippen LogP contribution in [-0.4, -0.2) is 76.3 Å². The normalized spacial score (nSPS) is 23.9. The van der Waals surface area contributed by atoms with Gasteiger partial charge in [-0.25, -0.2) is 4.98 Å². The number of fused-ring (bicyclic) bond motifs is 1. The monoisotopic (exact) mass is 411 g/mol. The Kier molecular flexibility index (Phi) is 5.18. The molecule has 0 saturated carbocycles. The van der Waals surface area contributed by atoms with Crippen molar-refractivity contribution < 1.29 is 5.11 Å². The van der Waals surface area contributed by atoms with Gasteiger partial charge < -0.3 is 15.0 Å². The van der Waals surface area contributed by atoms with Crippen LogP contribution >= 0.6 is 11.6 Å². The van der Waals surface area contributed by atoms with Gasteiger partial charge in [0.05, 0.1) is 23.2 Å². The predicted molar refractivity (Wildman–Crippen MR) is 116 cm³/mol. The van der Waals surface area contributed by atoms with Crippen molar-refractivity contribution in [1.82, 2.24) is 19.8 Å². The van der Waals surface area contributed by atoms with Gasteiger partial charge in [0.1, 0.15) is 0 Å². The molecule has 2 atom stereocenters. The van der Waals surface area contributed by atoms with Gasteiger partial charge in [0.2, 0.25) is 5.95 Å². The van der Waals surface area contributed by atoms with Crippen LogP contribution in [0.1, 0.15) is 5.56 Å². The third kappa shape index (κ3) is 3.98. The van der Waals surface area contributed by atoms with Crippen LogP contribution in [-0.2, 0) is 6.54 Å². The number of aliphatic hydroxyl groups is 1. The highest BCUT2D eigenvalue weighted by atomic mass is 35.5. The largest absolute Gasteiger partial charge is 0.390 e. The van der Waals surface area contributed by atoms with E-state index in [9.17, 15) is 5.11 Å². The number of anilines is 1. The SMILES string of the molecule is OC1CN(c2nc3ccccc3[nH]2)CC1N1CCN(Cc2ccc(Cl)cc2)CC1. The summed E-state index contributed by atoms with van der Waals surface area (Å²) in [6, 6.07) is 16.3. The number of aromatic nitrogens is 2. The summed E-state index contributed by atoms with van der Waals surface area (Å²) in [6.07, 6.45) is -0.356. The molecule has 0 spiro atoms. The molecule has 152 valence electrons. The van der Waals surface area contributed by atoms with E-state index in [0.717, 1.165) is 61.3 Å². The molecule has 6 nitrogen and oxygen atoms in total. The Morgan fingerprint density at radius 3 is 2.52 bits per heavy atom. The highest BCUT2D eigenvalue weighted by molar-refractivity contribution is 6.30. The van der Waals surface area contributed by atoms with E-state index in [1.165, 1.54) is 5.56 Å². The number of piperazine rings is 1. The molecule has 2 unspecified atom stereocenters. The fraction of sp³-hybridized carbons (Fsp3) is 0.409. The number of hydrogen-bond acceptors (Lipinski definition) is 5. The molecule has 2 aromatic carbocycles. The number of benzene rings is 2. The summed E-state index contributed by atoms with van der Waals surface area (Å²) in [5, 5.41) is 11.5. The van der Waals surface area contributed by atoms with Crippen molar-refractivity contribution >= 4 is 28.6 Å². The Labute approximate surface area is 175 Å². The van der Waals surface area contributed by atoms with Crippen LogP contribution in [0.25, 0.3) is 11.0 Å². The summed E-state index contributed by atoms with van der Waals surface area (Å²) in [4.78, 5) is 15.2. The Morgan fingerprint density at radius 1 is 1.00 bits per heavy atom. The van der Waals surface area contributed by atoms with Gasteiger partial charge in [-0.15, -0.1) is 0 Å². The van der Waals surface area contributed by atoms with Crippen molar-refractivity contribution in [3.63, 3.8) is 0 Å². The third-order valence-electron chi connectivity index (χ3n) is 6.13. The first kappa shape index (κ1) is 18.9. The number of H-pyrrole nitrogens is 1. The van der Waals surface area contributed by atoms with Crippen molar-refractivity contribution in [3.8, 4) is 0 Å². The van der Waals surface area contributed by atoms with Gasteiger partial charge in [-0.1, -0.05) is 35.9 Å². The first-order valence-electron chi connectivity index (χ1n) is 10.2. The molecule has 7 heteroatoms. The molecule has 2 saturated heterocycles. The molecular formula is C22H26ClN5O. The minimum absolute atomic E-state index is 0.154. The van der Waals surface area contributed by atoms with Crippen molar-refractivity contribution in [1.29, 1.82) is 0 Å². The molecule has 0 radical (unpaired) electrons. The summed E-state index contributed by atoms with van der Waals surface area (Å²) >= 11 is 5.98. The molecule has 29 heavy (non-hydrogen) atoms. The smallest absolute Gasteiger partial charge is 0.203 e. The van der Waals surface area contributed by atoms with E-state index >= 15 is 0 Å². The molecule has 3 aromatic rings. The first-order chi connectivity index (χ1) is 14.2. The van der Waals surface area contributed by atoms with Gasteiger partial charge in [-0.2, -0.15) is 0 Å². The van der Waals surface area contributed by atoms with E-state index in [1.54, 1.807) is 0 Å². The predicted octanol–water partition coefficient (Wildman–Crippen LogP) is 2.58. The minimum atomic E-state index is -0.356. The van der Waals surface area contributed by atoms with E-state index in [2.05, 4.69) is 31.8 Å². The Bertz CT molecular complexity index is 934. The lowest BCUT2D eigenvalue weighted by Gasteiger charge is -2.38. The average Bonchev–Trinajstić information content (AvgIpc) is 3.34. The summed E-state index contributed by atoms with van der Waals surface area (Å²) in [6.45, 7) is 6.34. The number of aromatic amines is 1. The van der Waals surface area contributed by atoms with Crippen LogP contribution in [0.2, 0.25) is 5.02 Å². The zero-order valence-corrected chi connectivity index (χ0v) is 17.1. The quantitative estimate of drug-likeness (QED) is 0.691. The number of aliphatic hydroxyl groups excluding tert-OH is 1. The topological polar surface area (TPSA) is 58.6 Å². The molecule has 1 aromatic heterocycles. The second kappa shape index (κ2) is 7.95. The summed E-state index contributed by atoms with van der Waals surface area (Å²) < 4.78 is 0. The van der Waals surface area contributed by atoms with E-state index in [-0.39, 0.29) is 12.1 Å². The fourth-order valence-corrected chi connectivity index (χ4v) is 4.62.